The second kappa shape index (κ2) is 5.91. The van der Waals surface area contributed by atoms with Gasteiger partial charge in [-0.15, -0.1) is 0 Å². The molecule has 0 radical (unpaired) electrons. The Kier molecular flexibility index (Phi) is 4.78. The van der Waals surface area contributed by atoms with Gasteiger partial charge in [-0.25, -0.2) is 8.78 Å². The van der Waals surface area contributed by atoms with E-state index in [2.05, 4.69) is 5.32 Å². The number of hydrogen-bond donors (Lipinski definition) is 1. The average molecular weight is 256 g/mol. The molecule has 2 unspecified atom stereocenters. The molecule has 0 spiro atoms. The largest absolute Gasteiger partial charge is 0.347 e. The number of amides is 1. The van der Waals surface area contributed by atoms with Crippen LogP contribution in [-0.2, 0) is 4.79 Å². The summed E-state index contributed by atoms with van der Waals surface area (Å²) in [5.74, 6) is -1.82. The quantitative estimate of drug-likeness (QED) is 0.894. The second-order valence-corrected chi connectivity index (χ2v) is 4.52. The first-order chi connectivity index (χ1) is 8.32. The van der Waals surface area contributed by atoms with Crippen LogP contribution in [0.25, 0.3) is 0 Å². The summed E-state index contributed by atoms with van der Waals surface area (Å²) < 4.78 is 25.9. The molecule has 18 heavy (non-hydrogen) atoms. The molecule has 2 atom stereocenters. The fraction of sp³-hybridized carbons (Fsp3) is 0.462. The fourth-order valence-corrected chi connectivity index (χ4v) is 1.71. The normalized spacial score (nSPS) is 14.1. The van der Waals surface area contributed by atoms with Crippen LogP contribution in [0.2, 0.25) is 0 Å². The molecular weight excluding hydrogens is 238 g/mol. The third kappa shape index (κ3) is 3.50. The maximum atomic E-state index is 13.1. The Hall–Kier alpha value is -1.49. The molecule has 0 saturated carbocycles. The van der Waals surface area contributed by atoms with E-state index in [0.29, 0.717) is 5.56 Å². The minimum Gasteiger partial charge on any atom is -0.347 e. The molecule has 1 amide bonds. The van der Waals surface area contributed by atoms with Gasteiger partial charge in [-0.2, -0.15) is 0 Å². The van der Waals surface area contributed by atoms with Gasteiger partial charge in [0.15, 0.2) is 11.6 Å². The lowest BCUT2D eigenvalue weighted by Gasteiger charge is -2.22. The van der Waals surface area contributed by atoms with Gasteiger partial charge in [0, 0.05) is 20.1 Å². The molecule has 3 nitrogen and oxygen atoms in total. The smallest absolute Gasteiger partial charge is 0.238 e. The Morgan fingerprint density at radius 2 is 1.83 bits per heavy atom. The van der Waals surface area contributed by atoms with Crippen molar-refractivity contribution in [3.05, 3.63) is 35.4 Å². The van der Waals surface area contributed by atoms with E-state index in [0.717, 1.165) is 12.1 Å². The van der Waals surface area contributed by atoms with E-state index >= 15 is 0 Å². The van der Waals surface area contributed by atoms with Crippen molar-refractivity contribution in [1.82, 2.24) is 10.2 Å². The van der Waals surface area contributed by atoms with E-state index in [4.69, 9.17) is 0 Å². The molecule has 0 heterocycles. The lowest BCUT2D eigenvalue weighted by atomic mass is 10.1. The molecule has 1 N–H and O–H groups in total. The van der Waals surface area contributed by atoms with E-state index in [1.165, 1.54) is 11.0 Å². The van der Waals surface area contributed by atoms with Gasteiger partial charge in [-0.3, -0.25) is 10.1 Å². The zero-order valence-electron chi connectivity index (χ0n) is 11.0. The van der Waals surface area contributed by atoms with Gasteiger partial charge in [0.1, 0.15) is 0 Å². The number of carbonyl (C=O) groups is 1. The van der Waals surface area contributed by atoms with Crippen LogP contribution in [0, 0.1) is 11.6 Å². The first-order valence-electron chi connectivity index (χ1n) is 5.75. The molecular formula is C13H18F2N2O. The minimum absolute atomic E-state index is 0.0653. The molecule has 100 valence electrons. The van der Waals surface area contributed by atoms with Crippen LogP contribution < -0.4 is 5.32 Å². The average Bonchev–Trinajstić information content (AvgIpc) is 2.31. The van der Waals surface area contributed by atoms with Crippen LogP contribution in [-0.4, -0.2) is 30.9 Å². The van der Waals surface area contributed by atoms with Crippen LogP contribution in [0.3, 0.4) is 0 Å². The van der Waals surface area contributed by atoms with E-state index in [9.17, 15) is 13.6 Å². The summed E-state index contributed by atoms with van der Waals surface area (Å²) in [7, 11) is 3.34. The predicted molar refractivity (Wildman–Crippen MR) is 66.1 cm³/mol. The number of rotatable bonds is 4. The molecule has 1 aromatic rings. The van der Waals surface area contributed by atoms with Crippen molar-refractivity contribution in [1.29, 1.82) is 0 Å². The molecule has 5 heteroatoms. The molecule has 0 aliphatic carbocycles. The number of nitrogens with zero attached hydrogens (tertiary/aromatic N) is 1. The number of nitrogens with one attached hydrogen (secondary N) is 1. The SMILES string of the molecule is CC(NC(C)c1ccc(F)c(F)c1)C(=O)N(C)C. The fourth-order valence-electron chi connectivity index (χ4n) is 1.71. The summed E-state index contributed by atoms with van der Waals surface area (Å²) >= 11 is 0. The van der Waals surface area contributed by atoms with Gasteiger partial charge in [0.2, 0.25) is 5.91 Å². The summed E-state index contributed by atoms with van der Waals surface area (Å²) in [6.45, 7) is 3.53. The first kappa shape index (κ1) is 14.6. The summed E-state index contributed by atoms with van der Waals surface area (Å²) in [5, 5.41) is 3.04. The van der Waals surface area contributed by atoms with E-state index in [1.807, 2.05) is 0 Å². The van der Waals surface area contributed by atoms with Gasteiger partial charge in [-0.1, -0.05) is 6.07 Å². The Morgan fingerprint density at radius 1 is 1.22 bits per heavy atom. The van der Waals surface area contributed by atoms with E-state index in [1.54, 1.807) is 27.9 Å². The highest BCUT2D eigenvalue weighted by molar-refractivity contribution is 5.80. The molecule has 1 rings (SSSR count). The van der Waals surface area contributed by atoms with Gasteiger partial charge in [0.05, 0.1) is 6.04 Å². The van der Waals surface area contributed by atoms with Crippen molar-refractivity contribution in [3.63, 3.8) is 0 Å². The lowest BCUT2D eigenvalue weighted by Crippen LogP contribution is -2.42. The Morgan fingerprint density at radius 3 is 2.33 bits per heavy atom. The Balaban J connectivity index is 2.73. The Labute approximate surface area is 106 Å². The maximum Gasteiger partial charge on any atom is 0.238 e. The third-order valence-electron chi connectivity index (χ3n) is 2.75. The van der Waals surface area contributed by atoms with Crippen LogP contribution in [0.5, 0.6) is 0 Å². The van der Waals surface area contributed by atoms with Crippen molar-refractivity contribution >= 4 is 5.91 Å². The van der Waals surface area contributed by atoms with Crippen molar-refractivity contribution < 1.29 is 13.6 Å². The minimum atomic E-state index is -0.882. The van der Waals surface area contributed by atoms with Gasteiger partial charge in [0.25, 0.3) is 0 Å². The van der Waals surface area contributed by atoms with Crippen LogP contribution >= 0.6 is 0 Å². The van der Waals surface area contributed by atoms with Gasteiger partial charge >= 0.3 is 0 Å². The second-order valence-electron chi connectivity index (χ2n) is 4.52. The third-order valence-corrected chi connectivity index (χ3v) is 2.75. The van der Waals surface area contributed by atoms with Crippen LogP contribution in [0.4, 0.5) is 8.78 Å². The highest BCUT2D eigenvalue weighted by Gasteiger charge is 2.18. The van der Waals surface area contributed by atoms with Crippen LogP contribution in [0.1, 0.15) is 25.5 Å². The van der Waals surface area contributed by atoms with Crippen LogP contribution in [0.15, 0.2) is 18.2 Å². The van der Waals surface area contributed by atoms with Crippen molar-refractivity contribution in [2.45, 2.75) is 25.9 Å². The zero-order chi connectivity index (χ0) is 13.9. The molecule has 0 aliphatic heterocycles. The predicted octanol–water partition coefficient (Wildman–Crippen LogP) is 2.09. The zero-order valence-corrected chi connectivity index (χ0v) is 11.0. The highest BCUT2D eigenvalue weighted by atomic mass is 19.2. The number of halogens is 2. The summed E-state index contributed by atoms with van der Waals surface area (Å²) in [5.41, 5.74) is 0.604. The lowest BCUT2D eigenvalue weighted by molar-refractivity contribution is -0.130. The number of benzene rings is 1. The number of likely N-dealkylation sites (N-methyl/N-ethyl adjacent to an activating group) is 1. The summed E-state index contributed by atoms with van der Waals surface area (Å²) in [6, 6.07) is 3.10. The highest BCUT2D eigenvalue weighted by Crippen LogP contribution is 2.16. The van der Waals surface area contributed by atoms with Gasteiger partial charge < -0.3 is 4.90 Å². The van der Waals surface area contributed by atoms with E-state index in [-0.39, 0.29) is 18.0 Å². The monoisotopic (exact) mass is 256 g/mol. The maximum absolute atomic E-state index is 13.1. The summed E-state index contributed by atoms with van der Waals surface area (Å²) in [4.78, 5) is 13.1. The summed E-state index contributed by atoms with van der Waals surface area (Å²) in [6.07, 6.45) is 0. The van der Waals surface area contributed by atoms with Crippen molar-refractivity contribution in [2.24, 2.45) is 0 Å². The van der Waals surface area contributed by atoms with Crippen molar-refractivity contribution in [3.8, 4) is 0 Å². The molecule has 0 aromatic heterocycles. The molecule has 0 bridgehead atoms. The molecule has 0 fully saturated rings. The molecule has 0 aliphatic rings. The topological polar surface area (TPSA) is 32.3 Å². The first-order valence-corrected chi connectivity index (χ1v) is 5.75. The van der Waals surface area contributed by atoms with E-state index < -0.39 is 11.6 Å². The van der Waals surface area contributed by atoms with Crippen molar-refractivity contribution in [2.75, 3.05) is 14.1 Å². The number of carbonyl (C=O) groups excluding carboxylic acids is 1. The molecule has 0 saturated heterocycles. The molecule has 1 aromatic carbocycles. The number of hydrogen-bond acceptors (Lipinski definition) is 2. The standard InChI is InChI=1S/C13H18F2N2O/c1-8(16-9(2)13(18)17(3)4)10-5-6-11(14)12(15)7-10/h5-9,16H,1-4H3. The Bertz CT molecular complexity index is 435. The van der Waals surface area contributed by atoms with Gasteiger partial charge in [-0.05, 0) is 31.5 Å².